The highest BCUT2D eigenvalue weighted by atomic mass is 32.2. The minimum absolute atomic E-state index is 0.241. The maximum absolute atomic E-state index is 13.2. The van der Waals surface area contributed by atoms with E-state index in [-0.39, 0.29) is 10.6 Å². The second-order valence-electron chi connectivity index (χ2n) is 8.57. The molecule has 8 heteroatoms. The summed E-state index contributed by atoms with van der Waals surface area (Å²) in [5.41, 5.74) is 3.18. The second-order valence-corrected chi connectivity index (χ2v) is 10.5. The van der Waals surface area contributed by atoms with Crippen LogP contribution in [0.2, 0.25) is 0 Å². The van der Waals surface area contributed by atoms with E-state index in [4.69, 9.17) is 4.42 Å². The lowest BCUT2D eigenvalue weighted by Crippen LogP contribution is -2.35. The normalized spacial score (nSPS) is 17.2. The van der Waals surface area contributed by atoms with Crippen molar-refractivity contribution in [3.63, 3.8) is 0 Å². The van der Waals surface area contributed by atoms with E-state index in [1.165, 1.54) is 22.7 Å². The van der Waals surface area contributed by atoms with E-state index in [9.17, 15) is 13.7 Å². The maximum atomic E-state index is 13.2. The lowest BCUT2D eigenvalue weighted by Gasteiger charge is -2.28. The predicted octanol–water partition coefficient (Wildman–Crippen LogP) is 4.34. The lowest BCUT2D eigenvalue weighted by atomic mass is 10.0. The first-order valence-electron chi connectivity index (χ1n) is 11.4. The number of rotatable bonds is 4. The van der Waals surface area contributed by atoms with Crippen molar-refractivity contribution in [3.8, 4) is 17.5 Å². The molecule has 0 unspecified atom stereocenters. The fourth-order valence-electron chi connectivity index (χ4n) is 4.59. The van der Waals surface area contributed by atoms with Crippen LogP contribution in [-0.4, -0.2) is 37.3 Å². The van der Waals surface area contributed by atoms with Crippen LogP contribution in [0.25, 0.3) is 11.5 Å². The first-order valence-corrected chi connectivity index (χ1v) is 12.8. The monoisotopic (exact) mass is 462 g/mol. The molecule has 2 aliphatic rings. The van der Waals surface area contributed by atoms with Crippen LogP contribution in [-0.2, 0) is 23.0 Å². The molecule has 2 aliphatic heterocycles. The van der Waals surface area contributed by atoms with Gasteiger partial charge in [0.05, 0.1) is 4.90 Å². The van der Waals surface area contributed by atoms with E-state index in [1.54, 1.807) is 24.3 Å². The molecule has 1 fully saturated rings. The van der Waals surface area contributed by atoms with Crippen molar-refractivity contribution in [2.24, 2.45) is 0 Å². The van der Waals surface area contributed by atoms with Gasteiger partial charge >= 0.3 is 0 Å². The molecule has 0 spiro atoms. The number of anilines is 1. The number of hydrogen-bond acceptors (Lipinski definition) is 6. The van der Waals surface area contributed by atoms with Crippen LogP contribution in [0.3, 0.4) is 0 Å². The van der Waals surface area contributed by atoms with Crippen LogP contribution in [0.4, 0.5) is 5.88 Å². The Morgan fingerprint density at radius 2 is 1.61 bits per heavy atom. The topological polar surface area (TPSA) is 90.4 Å². The smallest absolute Gasteiger partial charge is 0.243 e. The Hall–Kier alpha value is -3.15. The number of aromatic nitrogens is 1. The number of hydrogen-bond donors (Lipinski definition) is 0. The Morgan fingerprint density at radius 3 is 2.30 bits per heavy atom. The van der Waals surface area contributed by atoms with E-state index in [1.807, 2.05) is 18.2 Å². The molecule has 170 valence electrons. The number of nitrogens with zero attached hydrogens (tertiary/aromatic N) is 4. The third-order valence-electron chi connectivity index (χ3n) is 6.44. The van der Waals surface area contributed by atoms with Gasteiger partial charge in [0, 0.05) is 31.7 Å². The third-order valence-corrected chi connectivity index (χ3v) is 8.30. The fraction of sp³-hybridized carbons (Fsp3) is 0.360. The van der Waals surface area contributed by atoms with Gasteiger partial charge in [-0.15, -0.1) is 0 Å². The summed E-state index contributed by atoms with van der Waals surface area (Å²) in [6.07, 6.45) is 5.19. The molecule has 0 N–H and O–H groups in total. The van der Waals surface area contributed by atoms with Gasteiger partial charge in [0.25, 0.3) is 0 Å². The summed E-state index contributed by atoms with van der Waals surface area (Å²) >= 11 is 0. The zero-order chi connectivity index (χ0) is 22.8. The minimum Gasteiger partial charge on any atom is -0.419 e. The number of oxazole rings is 1. The van der Waals surface area contributed by atoms with Crippen LogP contribution in [0.15, 0.2) is 57.8 Å². The molecule has 0 atom stereocenters. The van der Waals surface area contributed by atoms with Crippen LogP contribution >= 0.6 is 0 Å². The Labute approximate surface area is 194 Å². The summed E-state index contributed by atoms with van der Waals surface area (Å²) in [4.78, 5) is 6.72. The molecule has 2 aromatic carbocycles. The summed E-state index contributed by atoms with van der Waals surface area (Å²) in [7, 11) is -3.61. The summed E-state index contributed by atoms with van der Waals surface area (Å²) in [5, 5.41) is 9.56. The van der Waals surface area contributed by atoms with Gasteiger partial charge in [-0.2, -0.15) is 14.6 Å². The average molecular weight is 463 g/mol. The number of benzene rings is 2. The van der Waals surface area contributed by atoms with Gasteiger partial charge in [0.1, 0.15) is 6.07 Å². The largest absolute Gasteiger partial charge is 0.419 e. The van der Waals surface area contributed by atoms with Gasteiger partial charge in [-0.05, 0) is 54.7 Å². The summed E-state index contributed by atoms with van der Waals surface area (Å²) < 4.78 is 34.0. The van der Waals surface area contributed by atoms with E-state index < -0.39 is 10.0 Å². The second kappa shape index (κ2) is 9.00. The van der Waals surface area contributed by atoms with Gasteiger partial charge in [-0.1, -0.05) is 37.1 Å². The standard InChI is InChI=1S/C25H26N4O3S/c26-17-23-25(28-14-5-1-2-6-15-28)32-24(27-23)20-9-11-22(12-10-20)33(30,31)29-16-13-19-7-3-4-8-21(19)18-29/h3-4,7-12H,1-2,5-6,13-16,18H2. The van der Waals surface area contributed by atoms with Crippen LogP contribution in [0, 0.1) is 11.3 Å². The van der Waals surface area contributed by atoms with Gasteiger partial charge in [-0.25, -0.2) is 8.42 Å². The van der Waals surface area contributed by atoms with Crippen molar-refractivity contribution in [3.05, 3.63) is 65.4 Å². The molecule has 3 heterocycles. The lowest BCUT2D eigenvalue weighted by molar-refractivity contribution is 0.391. The highest BCUT2D eigenvalue weighted by molar-refractivity contribution is 7.89. The van der Waals surface area contributed by atoms with Crippen molar-refractivity contribution in [1.82, 2.24) is 9.29 Å². The highest BCUT2D eigenvalue weighted by Crippen LogP contribution is 2.31. The molecular weight excluding hydrogens is 436 g/mol. The zero-order valence-corrected chi connectivity index (χ0v) is 19.2. The minimum atomic E-state index is -3.61. The van der Waals surface area contributed by atoms with E-state index in [0.717, 1.165) is 31.5 Å². The fourth-order valence-corrected chi connectivity index (χ4v) is 6.01. The Kier molecular flexibility index (Phi) is 5.92. The molecule has 0 aliphatic carbocycles. The predicted molar refractivity (Wildman–Crippen MR) is 125 cm³/mol. The van der Waals surface area contributed by atoms with E-state index in [2.05, 4.69) is 22.0 Å². The molecule has 0 saturated carbocycles. The quantitative estimate of drug-likeness (QED) is 0.573. The van der Waals surface area contributed by atoms with E-state index >= 15 is 0 Å². The molecule has 3 aromatic rings. The first-order chi connectivity index (χ1) is 16.1. The molecule has 5 rings (SSSR count). The van der Waals surface area contributed by atoms with Crippen molar-refractivity contribution in [2.45, 2.75) is 43.5 Å². The van der Waals surface area contributed by atoms with Gasteiger partial charge in [-0.3, -0.25) is 0 Å². The molecule has 0 bridgehead atoms. The summed E-state index contributed by atoms with van der Waals surface area (Å²) in [6.45, 7) is 2.54. The highest BCUT2D eigenvalue weighted by Gasteiger charge is 2.28. The third kappa shape index (κ3) is 4.26. The molecule has 1 saturated heterocycles. The molecule has 0 amide bonds. The summed E-state index contributed by atoms with van der Waals surface area (Å²) in [6, 6.07) is 16.7. The number of nitriles is 1. The first kappa shape index (κ1) is 21.7. The molecule has 0 radical (unpaired) electrons. The Balaban J connectivity index is 1.38. The van der Waals surface area contributed by atoms with Crippen LogP contribution in [0.5, 0.6) is 0 Å². The van der Waals surface area contributed by atoms with Crippen molar-refractivity contribution >= 4 is 15.9 Å². The number of fused-ring (bicyclic) bond motifs is 1. The van der Waals surface area contributed by atoms with Crippen LogP contribution in [0.1, 0.15) is 42.5 Å². The summed E-state index contributed by atoms with van der Waals surface area (Å²) in [5.74, 6) is 0.847. The van der Waals surface area contributed by atoms with Crippen molar-refractivity contribution in [2.75, 3.05) is 24.5 Å². The van der Waals surface area contributed by atoms with Crippen molar-refractivity contribution < 1.29 is 12.8 Å². The maximum Gasteiger partial charge on any atom is 0.243 e. The van der Waals surface area contributed by atoms with Gasteiger partial charge in [0.15, 0.2) is 0 Å². The molecular formula is C25H26N4O3S. The Bertz CT molecular complexity index is 1280. The Morgan fingerprint density at radius 1 is 0.909 bits per heavy atom. The number of sulfonamides is 1. The molecule has 33 heavy (non-hydrogen) atoms. The SMILES string of the molecule is N#Cc1nc(-c2ccc(S(=O)(=O)N3CCc4ccccc4C3)cc2)oc1N1CCCCCC1. The van der Waals surface area contributed by atoms with Gasteiger partial charge in [0.2, 0.25) is 27.5 Å². The average Bonchev–Trinajstić information content (AvgIpc) is 3.10. The van der Waals surface area contributed by atoms with Crippen molar-refractivity contribution in [1.29, 1.82) is 5.26 Å². The van der Waals surface area contributed by atoms with E-state index in [0.29, 0.717) is 36.8 Å². The van der Waals surface area contributed by atoms with Gasteiger partial charge < -0.3 is 9.32 Å². The zero-order valence-electron chi connectivity index (χ0n) is 18.4. The molecule has 7 nitrogen and oxygen atoms in total. The van der Waals surface area contributed by atoms with Crippen LogP contribution < -0.4 is 4.90 Å². The molecule has 1 aromatic heterocycles.